The Bertz CT molecular complexity index is 781. The predicted molar refractivity (Wildman–Crippen MR) is 94.7 cm³/mol. The van der Waals surface area contributed by atoms with Gasteiger partial charge < -0.3 is 18.9 Å². The number of carbonyl (C=O) groups is 2. The number of likely N-dealkylation sites (tertiary alicyclic amines) is 1. The maximum absolute atomic E-state index is 12.6. The summed E-state index contributed by atoms with van der Waals surface area (Å²) in [4.78, 5) is 30.7. The summed E-state index contributed by atoms with van der Waals surface area (Å²) in [6.45, 7) is 3.00. The van der Waals surface area contributed by atoms with Crippen LogP contribution in [0.2, 0.25) is 0 Å². The zero-order chi connectivity index (χ0) is 18.7. The van der Waals surface area contributed by atoms with Gasteiger partial charge in [0, 0.05) is 13.1 Å². The third-order valence-electron chi connectivity index (χ3n) is 4.82. The smallest absolute Gasteiger partial charge is 0.356 e. The van der Waals surface area contributed by atoms with Gasteiger partial charge in [-0.15, -0.1) is 0 Å². The average Bonchev–Trinajstić information content (AvgIpc) is 3.13. The van der Waals surface area contributed by atoms with E-state index < -0.39 is 11.4 Å². The van der Waals surface area contributed by atoms with E-state index in [0.29, 0.717) is 18.8 Å². The molecule has 3 rings (SSSR count). The van der Waals surface area contributed by atoms with Crippen LogP contribution >= 0.6 is 0 Å². The number of benzene rings is 1. The zero-order valence-corrected chi connectivity index (χ0v) is 15.2. The summed E-state index contributed by atoms with van der Waals surface area (Å²) in [5.41, 5.74) is 0.634. The average molecular weight is 357 g/mol. The molecule has 1 atom stereocenters. The molecular formula is C19H23N3O4. The number of methoxy groups -OCH3 is 1. The van der Waals surface area contributed by atoms with Crippen LogP contribution in [-0.2, 0) is 14.3 Å². The number of esters is 2. The molecule has 0 amide bonds. The van der Waals surface area contributed by atoms with Gasteiger partial charge in [-0.3, -0.25) is 4.79 Å². The lowest BCUT2D eigenvalue weighted by molar-refractivity contribution is -0.167. The van der Waals surface area contributed by atoms with Gasteiger partial charge in [-0.2, -0.15) is 0 Å². The van der Waals surface area contributed by atoms with Gasteiger partial charge in [0.1, 0.15) is 17.7 Å². The number of nitrogens with zero attached hydrogens (tertiary/aromatic N) is 3. The second-order valence-electron chi connectivity index (χ2n) is 6.79. The molecule has 0 radical (unpaired) electrons. The SMILES string of the molecule is COC(=O)C1(COC(=O)c2cncn2[C@H](C)c2ccccc2)CN(C)C1. The van der Waals surface area contributed by atoms with Crippen molar-refractivity contribution in [2.75, 3.05) is 33.9 Å². The van der Waals surface area contributed by atoms with Crippen molar-refractivity contribution in [1.82, 2.24) is 14.5 Å². The molecule has 1 aromatic heterocycles. The standard InChI is InChI=1S/C19H23N3O4/c1-14(15-7-5-4-6-8-15)22-13-20-9-16(22)17(23)26-12-19(18(24)25-3)10-21(2)11-19/h4-9,13-14H,10-12H2,1-3H3/t14-/m1/s1. The highest BCUT2D eigenvalue weighted by Crippen LogP contribution is 2.31. The van der Waals surface area contributed by atoms with Crippen LogP contribution in [0.15, 0.2) is 42.9 Å². The fourth-order valence-electron chi connectivity index (χ4n) is 3.42. The Kier molecular flexibility index (Phi) is 5.08. The van der Waals surface area contributed by atoms with E-state index in [2.05, 4.69) is 4.98 Å². The molecule has 1 aliphatic rings. The fourth-order valence-corrected chi connectivity index (χ4v) is 3.42. The molecule has 2 heterocycles. The Morgan fingerprint density at radius 2 is 1.96 bits per heavy atom. The second-order valence-corrected chi connectivity index (χ2v) is 6.79. The van der Waals surface area contributed by atoms with E-state index in [0.717, 1.165) is 5.56 Å². The van der Waals surface area contributed by atoms with E-state index in [1.54, 1.807) is 10.9 Å². The highest BCUT2D eigenvalue weighted by molar-refractivity contribution is 5.88. The monoisotopic (exact) mass is 357 g/mol. The number of imidazole rings is 1. The quantitative estimate of drug-likeness (QED) is 0.734. The minimum Gasteiger partial charge on any atom is -0.468 e. The Hall–Kier alpha value is -2.67. The van der Waals surface area contributed by atoms with Crippen molar-refractivity contribution in [3.63, 3.8) is 0 Å². The Morgan fingerprint density at radius 3 is 2.58 bits per heavy atom. The number of hydrogen-bond acceptors (Lipinski definition) is 6. The third-order valence-corrected chi connectivity index (χ3v) is 4.82. The molecule has 7 heteroatoms. The van der Waals surface area contributed by atoms with Crippen molar-refractivity contribution in [2.45, 2.75) is 13.0 Å². The van der Waals surface area contributed by atoms with Gasteiger partial charge in [-0.1, -0.05) is 30.3 Å². The van der Waals surface area contributed by atoms with Crippen LogP contribution < -0.4 is 0 Å². The van der Waals surface area contributed by atoms with Crippen LogP contribution in [0, 0.1) is 5.41 Å². The highest BCUT2D eigenvalue weighted by atomic mass is 16.5. The first-order chi connectivity index (χ1) is 12.5. The third kappa shape index (κ3) is 3.35. The minimum absolute atomic E-state index is 0.00621. The van der Waals surface area contributed by atoms with E-state index in [1.807, 2.05) is 49.2 Å². The summed E-state index contributed by atoms with van der Waals surface area (Å²) in [7, 11) is 3.25. The first kappa shape index (κ1) is 18.1. The molecule has 1 fully saturated rings. The molecule has 7 nitrogen and oxygen atoms in total. The molecule has 26 heavy (non-hydrogen) atoms. The molecule has 0 bridgehead atoms. The number of rotatable bonds is 6. The predicted octanol–water partition coefficient (Wildman–Crippen LogP) is 1.75. The number of hydrogen-bond donors (Lipinski definition) is 0. The molecule has 0 saturated carbocycles. The summed E-state index contributed by atoms with van der Waals surface area (Å²) in [5.74, 6) is -0.849. The zero-order valence-electron chi connectivity index (χ0n) is 15.2. The summed E-state index contributed by atoms with van der Waals surface area (Å²) >= 11 is 0. The molecule has 1 aliphatic heterocycles. The lowest BCUT2D eigenvalue weighted by Gasteiger charge is -2.45. The van der Waals surface area contributed by atoms with Crippen LogP contribution in [0.4, 0.5) is 0 Å². The van der Waals surface area contributed by atoms with Crippen molar-refractivity contribution in [3.05, 3.63) is 54.1 Å². The highest BCUT2D eigenvalue weighted by Gasteiger charge is 2.50. The molecule has 2 aromatic rings. The molecule has 1 aromatic carbocycles. The Morgan fingerprint density at radius 1 is 1.27 bits per heavy atom. The van der Waals surface area contributed by atoms with Crippen molar-refractivity contribution in [3.8, 4) is 0 Å². The summed E-state index contributed by atoms with van der Waals surface area (Å²) in [5, 5.41) is 0. The normalized spacial score (nSPS) is 17.2. The maximum atomic E-state index is 12.6. The van der Waals surface area contributed by atoms with Gasteiger partial charge in [-0.25, -0.2) is 9.78 Å². The lowest BCUT2D eigenvalue weighted by Crippen LogP contribution is -2.61. The molecule has 0 aliphatic carbocycles. The number of carbonyl (C=O) groups excluding carboxylic acids is 2. The summed E-state index contributed by atoms with van der Waals surface area (Å²) < 4.78 is 12.1. The van der Waals surface area contributed by atoms with Gasteiger partial charge in [-0.05, 0) is 19.5 Å². The van der Waals surface area contributed by atoms with Gasteiger partial charge in [0.15, 0.2) is 0 Å². The number of ether oxygens (including phenoxy) is 2. The van der Waals surface area contributed by atoms with Crippen LogP contribution in [0.5, 0.6) is 0 Å². The molecule has 138 valence electrons. The fraction of sp³-hybridized carbons (Fsp3) is 0.421. The van der Waals surface area contributed by atoms with Gasteiger partial charge in [0.2, 0.25) is 0 Å². The molecule has 0 spiro atoms. The van der Waals surface area contributed by atoms with Gasteiger partial charge in [0.05, 0.1) is 25.7 Å². The van der Waals surface area contributed by atoms with Crippen LogP contribution in [0.1, 0.15) is 29.0 Å². The largest absolute Gasteiger partial charge is 0.468 e. The first-order valence-corrected chi connectivity index (χ1v) is 8.48. The lowest BCUT2D eigenvalue weighted by atomic mass is 9.81. The van der Waals surface area contributed by atoms with Crippen LogP contribution in [0.25, 0.3) is 0 Å². The molecule has 0 N–H and O–H groups in total. The summed E-state index contributed by atoms with van der Waals surface area (Å²) in [6, 6.07) is 9.78. The summed E-state index contributed by atoms with van der Waals surface area (Å²) in [6.07, 6.45) is 3.10. The van der Waals surface area contributed by atoms with Crippen molar-refractivity contribution >= 4 is 11.9 Å². The van der Waals surface area contributed by atoms with Crippen LogP contribution in [-0.4, -0.2) is 60.2 Å². The Labute approximate surface area is 152 Å². The molecular weight excluding hydrogens is 334 g/mol. The van der Waals surface area contributed by atoms with E-state index in [9.17, 15) is 9.59 Å². The maximum Gasteiger partial charge on any atom is 0.356 e. The Balaban J connectivity index is 1.72. The first-order valence-electron chi connectivity index (χ1n) is 8.48. The molecule has 0 unspecified atom stereocenters. The molecule has 1 saturated heterocycles. The van der Waals surface area contributed by atoms with E-state index in [-0.39, 0.29) is 18.6 Å². The van der Waals surface area contributed by atoms with Crippen molar-refractivity contribution < 1.29 is 19.1 Å². The van der Waals surface area contributed by atoms with Crippen LogP contribution in [0.3, 0.4) is 0 Å². The van der Waals surface area contributed by atoms with E-state index in [1.165, 1.54) is 13.3 Å². The van der Waals surface area contributed by atoms with Crippen molar-refractivity contribution in [2.24, 2.45) is 5.41 Å². The van der Waals surface area contributed by atoms with Gasteiger partial charge >= 0.3 is 11.9 Å². The number of aromatic nitrogens is 2. The second kappa shape index (κ2) is 7.29. The minimum atomic E-state index is -0.783. The van der Waals surface area contributed by atoms with Crippen molar-refractivity contribution in [1.29, 1.82) is 0 Å². The van der Waals surface area contributed by atoms with E-state index in [4.69, 9.17) is 9.47 Å². The van der Waals surface area contributed by atoms with Gasteiger partial charge in [0.25, 0.3) is 0 Å². The topological polar surface area (TPSA) is 73.7 Å². The van der Waals surface area contributed by atoms with E-state index >= 15 is 0 Å².